The van der Waals surface area contributed by atoms with Crippen LogP contribution in [0.3, 0.4) is 0 Å². The molecule has 2 amide bonds. The lowest BCUT2D eigenvalue weighted by atomic mass is 9.90. The number of aliphatic hydroxyl groups excluding tert-OH is 2. The average Bonchev–Trinajstić information content (AvgIpc) is 3.59. The van der Waals surface area contributed by atoms with E-state index in [1.165, 1.54) is 18.2 Å². The number of carbonyl (C=O) groups is 4. The van der Waals surface area contributed by atoms with E-state index in [2.05, 4.69) is 5.32 Å². The second-order valence-corrected chi connectivity index (χ2v) is 13.4. The molecule has 51 heavy (non-hydrogen) atoms. The normalized spacial score (nSPS) is 19.7. The molecule has 5 atom stereocenters. The Morgan fingerprint density at radius 1 is 1.06 bits per heavy atom. The van der Waals surface area contributed by atoms with Crippen molar-refractivity contribution in [3.63, 3.8) is 0 Å². The molecule has 2 aromatic carbocycles. The molecule has 0 spiro atoms. The van der Waals surface area contributed by atoms with E-state index in [-0.39, 0.29) is 56.8 Å². The summed E-state index contributed by atoms with van der Waals surface area (Å²) in [6.45, 7) is 4.83. The van der Waals surface area contributed by atoms with E-state index < -0.39 is 66.4 Å². The highest BCUT2D eigenvalue weighted by Crippen LogP contribution is 2.32. The van der Waals surface area contributed by atoms with Crippen molar-refractivity contribution in [3.8, 4) is 0 Å². The molecule has 1 saturated heterocycles. The maximum atomic E-state index is 14.1. The van der Waals surface area contributed by atoms with Gasteiger partial charge in [0, 0.05) is 31.9 Å². The van der Waals surface area contributed by atoms with E-state index in [4.69, 9.17) is 28.8 Å². The number of fused-ring (bicyclic) bond motifs is 1. The van der Waals surface area contributed by atoms with Gasteiger partial charge in [-0.15, -0.1) is 0 Å². The van der Waals surface area contributed by atoms with Crippen molar-refractivity contribution in [2.45, 2.75) is 82.5 Å². The lowest BCUT2D eigenvalue weighted by Crippen LogP contribution is -2.53. The number of nitrogens with one attached hydrogen (secondary N) is 1. The molecular weight excluding hydrogens is 660 g/mol. The predicted molar refractivity (Wildman–Crippen MR) is 186 cm³/mol. The maximum Gasteiger partial charge on any atom is 0.338 e. The molecule has 0 saturated carbocycles. The number of benzene rings is 2. The molecule has 1 aliphatic heterocycles. The summed E-state index contributed by atoms with van der Waals surface area (Å²) < 4.78 is 27.9. The smallest absolute Gasteiger partial charge is 0.338 e. The molecule has 0 unspecified atom stereocenters. The van der Waals surface area contributed by atoms with Gasteiger partial charge in [0.15, 0.2) is 0 Å². The Balaban J connectivity index is 1.49. The van der Waals surface area contributed by atoms with E-state index in [1.54, 1.807) is 57.2 Å². The van der Waals surface area contributed by atoms with Crippen LogP contribution in [0.25, 0.3) is 6.08 Å². The number of ether oxygens (including phenoxy) is 5. The number of hydrogen-bond donors (Lipinski definition) is 3. The summed E-state index contributed by atoms with van der Waals surface area (Å²) >= 11 is 0. The summed E-state index contributed by atoms with van der Waals surface area (Å²) in [5, 5.41) is 21.7. The van der Waals surface area contributed by atoms with Crippen LogP contribution in [-0.2, 0) is 44.5 Å². The van der Waals surface area contributed by atoms with E-state index in [1.807, 2.05) is 30.3 Å². The third kappa shape index (κ3) is 11.7. The molecule has 0 bridgehead atoms. The first-order chi connectivity index (χ1) is 24.4. The third-order valence-corrected chi connectivity index (χ3v) is 8.27. The van der Waals surface area contributed by atoms with Gasteiger partial charge in [0.2, 0.25) is 11.8 Å². The zero-order valence-corrected chi connectivity index (χ0v) is 29.5. The van der Waals surface area contributed by atoms with Crippen LogP contribution in [0.1, 0.15) is 61.5 Å². The predicted octanol–water partition coefficient (Wildman–Crippen LogP) is 2.93. The number of carbonyl (C=O) groups excluding carboxylic acids is 4. The van der Waals surface area contributed by atoms with Crippen LogP contribution in [0.4, 0.5) is 0 Å². The Kier molecular flexibility index (Phi) is 14.3. The zero-order chi connectivity index (χ0) is 37.0. The minimum Gasteiger partial charge on any atom is -0.499 e. The molecule has 3 N–H and O–H groups in total. The topological polar surface area (TPSA) is 170 Å². The fourth-order valence-electron chi connectivity index (χ4n) is 5.74. The maximum absolute atomic E-state index is 14.1. The van der Waals surface area contributed by atoms with Gasteiger partial charge in [-0.2, -0.15) is 0 Å². The third-order valence-electron chi connectivity index (χ3n) is 8.27. The first-order valence-electron chi connectivity index (χ1n) is 17.0. The van der Waals surface area contributed by atoms with Gasteiger partial charge in [0.25, 0.3) is 0 Å². The van der Waals surface area contributed by atoms with Crippen LogP contribution in [0.5, 0.6) is 0 Å². The van der Waals surface area contributed by atoms with Crippen molar-refractivity contribution in [2.24, 2.45) is 0 Å². The minimum atomic E-state index is -0.993. The van der Waals surface area contributed by atoms with Crippen molar-refractivity contribution in [2.75, 3.05) is 33.7 Å². The quantitative estimate of drug-likeness (QED) is 0.133. The van der Waals surface area contributed by atoms with Crippen LogP contribution < -0.4 is 5.32 Å². The summed E-state index contributed by atoms with van der Waals surface area (Å²) in [5.41, 5.74) is 1.38. The fourth-order valence-corrected chi connectivity index (χ4v) is 5.74. The van der Waals surface area contributed by atoms with Gasteiger partial charge in [-0.05, 0) is 62.6 Å². The summed E-state index contributed by atoms with van der Waals surface area (Å²) in [5.74, 6) is -2.05. The summed E-state index contributed by atoms with van der Waals surface area (Å²) in [4.78, 5) is 54.9. The molecular formula is C38H48N2O11. The van der Waals surface area contributed by atoms with Crippen molar-refractivity contribution in [3.05, 3.63) is 89.2 Å². The van der Waals surface area contributed by atoms with Crippen molar-refractivity contribution >= 4 is 29.8 Å². The molecule has 13 nitrogen and oxygen atoms in total. The van der Waals surface area contributed by atoms with E-state index >= 15 is 0 Å². The standard InChI is InChI=1S/C38H48N2O11/c1-38(2,3)51-33(43)14-13-29(23-42)39-35(44)30(20-25-9-6-5-7-10-25)40(4)36(45)28-21-31-34(49-24-48-31)32(22-28)50-37(46)27-12-8-11-26(19-27)15-17-47-18-16-41/h5-12,15,17,19,21,29-32,34,41-42H,13-14,16,18,20,22-24H2,1-4H3,(H,39,44)/t29-,30+,31+,32+,34+/m0/s1. The molecule has 13 heteroatoms. The van der Waals surface area contributed by atoms with Gasteiger partial charge >= 0.3 is 11.9 Å². The number of likely N-dealkylation sites (N-methyl/N-ethyl adjacent to an activating group) is 1. The van der Waals surface area contributed by atoms with Gasteiger partial charge in [-0.1, -0.05) is 42.5 Å². The van der Waals surface area contributed by atoms with Gasteiger partial charge in [-0.25, -0.2) is 4.79 Å². The van der Waals surface area contributed by atoms with Crippen LogP contribution in [0, 0.1) is 0 Å². The Labute approximate surface area is 298 Å². The second kappa shape index (κ2) is 18.6. The minimum absolute atomic E-state index is 0.0153. The van der Waals surface area contributed by atoms with Gasteiger partial charge in [0.1, 0.15) is 43.4 Å². The van der Waals surface area contributed by atoms with Crippen molar-refractivity contribution in [1.29, 1.82) is 0 Å². The molecule has 1 heterocycles. The second-order valence-electron chi connectivity index (χ2n) is 13.4. The first-order valence-corrected chi connectivity index (χ1v) is 17.0. The highest BCUT2D eigenvalue weighted by atomic mass is 16.7. The van der Waals surface area contributed by atoms with Crippen LogP contribution in [0.2, 0.25) is 0 Å². The largest absolute Gasteiger partial charge is 0.499 e. The van der Waals surface area contributed by atoms with E-state index in [0.717, 1.165) is 5.56 Å². The van der Waals surface area contributed by atoms with E-state index in [9.17, 15) is 24.3 Å². The van der Waals surface area contributed by atoms with Gasteiger partial charge in [0.05, 0.1) is 31.1 Å². The molecule has 276 valence electrons. The van der Waals surface area contributed by atoms with Gasteiger partial charge < -0.3 is 44.1 Å². The lowest BCUT2D eigenvalue weighted by molar-refractivity contribution is -0.155. The first kappa shape index (κ1) is 39.2. The summed E-state index contributed by atoms with van der Waals surface area (Å²) in [7, 11) is 1.52. The van der Waals surface area contributed by atoms with Gasteiger partial charge in [-0.3, -0.25) is 14.4 Å². The monoisotopic (exact) mass is 708 g/mol. The molecule has 0 aromatic heterocycles. The van der Waals surface area contributed by atoms with Crippen LogP contribution >= 0.6 is 0 Å². The molecule has 0 radical (unpaired) electrons. The number of rotatable bonds is 16. The zero-order valence-electron chi connectivity index (χ0n) is 29.5. The highest BCUT2D eigenvalue weighted by Gasteiger charge is 2.44. The average molecular weight is 709 g/mol. The fraction of sp³-hybridized carbons (Fsp3) is 0.474. The molecule has 2 aromatic rings. The van der Waals surface area contributed by atoms with E-state index in [0.29, 0.717) is 5.56 Å². The number of nitrogens with zero attached hydrogens (tertiary/aromatic N) is 1. The Hall–Kier alpha value is -4.56. The molecule has 2 aliphatic rings. The van der Waals surface area contributed by atoms with Crippen molar-refractivity contribution < 1.29 is 53.1 Å². The number of aliphatic hydroxyl groups is 2. The SMILES string of the molecule is CN(C(=O)C1=C[C@H]2OCO[C@H]2[C@H](OC(=O)c2cccc(C=COCCO)c2)C1)[C@H](Cc1ccccc1)C(=O)N[C@H](CO)CCC(=O)OC(C)(C)C. The summed E-state index contributed by atoms with van der Waals surface area (Å²) in [6, 6.07) is 14.2. The van der Waals surface area contributed by atoms with Crippen molar-refractivity contribution in [1.82, 2.24) is 10.2 Å². The Bertz CT molecular complexity index is 1550. The molecule has 1 fully saturated rings. The Morgan fingerprint density at radius 3 is 2.53 bits per heavy atom. The van der Waals surface area contributed by atoms with Crippen LogP contribution in [0.15, 0.2) is 72.5 Å². The number of hydrogen-bond acceptors (Lipinski definition) is 11. The molecule has 1 aliphatic carbocycles. The number of esters is 2. The summed E-state index contributed by atoms with van der Waals surface area (Å²) in [6.07, 6.45) is 2.89. The lowest BCUT2D eigenvalue weighted by Gasteiger charge is -2.34. The highest BCUT2D eigenvalue weighted by molar-refractivity contribution is 5.97. The Morgan fingerprint density at radius 2 is 1.82 bits per heavy atom. The number of amides is 2. The van der Waals surface area contributed by atoms with Crippen LogP contribution in [-0.4, -0.2) is 109 Å². The molecule has 4 rings (SSSR count).